The summed E-state index contributed by atoms with van der Waals surface area (Å²) in [5.74, 6) is 0. The van der Waals surface area contributed by atoms with Gasteiger partial charge >= 0.3 is 0 Å². The first-order valence-electron chi connectivity index (χ1n) is 7.43. The van der Waals surface area contributed by atoms with Crippen molar-refractivity contribution in [2.45, 2.75) is 37.3 Å². The van der Waals surface area contributed by atoms with Gasteiger partial charge in [-0.25, -0.2) is 8.42 Å². The molecule has 1 heterocycles. The minimum absolute atomic E-state index is 0.189. The van der Waals surface area contributed by atoms with E-state index in [2.05, 4.69) is 5.32 Å². The summed E-state index contributed by atoms with van der Waals surface area (Å²) in [7, 11) is -1.60. The molecular weight excluding hydrogens is 288 g/mol. The fourth-order valence-electron chi connectivity index (χ4n) is 2.71. The summed E-state index contributed by atoms with van der Waals surface area (Å²) in [4.78, 5) is 0.411. The van der Waals surface area contributed by atoms with Gasteiger partial charge in [-0.05, 0) is 38.4 Å². The topological polar surface area (TPSA) is 58.6 Å². The zero-order valence-corrected chi connectivity index (χ0v) is 13.5. The highest BCUT2D eigenvalue weighted by molar-refractivity contribution is 7.89. The molecule has 2 rings (SSSR count). The van der Waals surface area contributed by atoms with Crippen LogP contribution in [0.3, 0.4) is 0 Å². The molecule has 1 aliphatic rings. The number of hydrogen-bond acceptors (Lipinski definition) is 4. The van der Waals surface area contributed by atoms with Crippen LogP contribution in [0.2, 0.25) is 0 Å². The van der Waals surface area contributed by atoms with Gasteiger partial charge in [-0.15, -0.1) is 0 Å². The average Bonchev–Trinajstić information content (AvgIpc) is 2.49. The SMILES string of the molecule is CCOC1CCN(S(=O)(=O)c2ccccc2CNC)CC1. The van der Waals surface area contributed by atoms with Gasteiger partial charge in [0, 0.05) is 26.2 Å². The van der Waals surface area contributed by atoms with Gasteiger partial charge in [0.15, 0.2) is 0 Å². The standard InChI is InChI=1S/C15H24N2O3S/c1-3-20-14-8-10-17(11-9-14)21(18,19)15-7-5-4-6-13(15)12-16-2/h4-7,14,16H,3,8-12H2,1-2H3. The van der Waals surface area contributed by atoms with Crippen LogP contribution < -0.4 is 5.32 Å². The summed E-state index contributed by atoms with van der Waals surface area (Å²) in [5, 5.41) is 3.02. The lowest BCUT2D eigenvalue weighted by Crippen LogP contribution is -2.41. The van der Waals surface area contributed by atoms with Crippen molar-refractivity contribution in [3.63, 3.8) is 0 Å². The number of hydrogen-bond donors (Lipinski definition) is 1. The normalized spacial score (nSPS) is 18.0. The van der Waals surface area contributed by atoms with Crippen molar-refractivity contribution in [1.82, 2.24) is 9.62 Å². The fraction of sp³-hybridized carbons (Fsp3) is 0.600. The van der Waals surface area contributed by atoms with Gasteiger partial charge in [-0.2, -0.15) is 4.31 Å². The molecule has 1 aromatic rings. The van der Waals surface area contributed by atoms with Crippen LogP contribution in [0, 0.1) is 0 Å². The summed E-state index contributed by atoms with van der Waals surface area (Å²) in [6, 6.07) is 7.19. The van der Waals surface area contributed by atoms with Gasteiger partial charge in [-0.3, -0.25) is 0 Å². The van der Waals surface area contributed by atoms with Crippen molar-refractivity contribution in [2.75, 3.05) is 26.7 Å². The summed E-state index contributed by atoms with van der Waals surface area (Å²) < 4.78 is 32.8. The Bertz CT molecular complexity index is 552. The van der Waals surface area contributed by atoms with Crippen molar-refractivity contribution >= 4 is 10.0 Å². The molecule has 0 radical (unpaired) electrons. The summed E-state index contributed by atoms with van der Waals surface area (Å²) in [6.45, 7) is 4.26. The number of benzene rings is 1. The monoisotopic (exact) mass is 312 g/mol. The molecule has 6 heteroatoms. The second kappa shape index (κ2) is 7.35. The first kappa shape index (κ1) is 16.4. The zero-order chi connectivity index (χ0) is 15.3. The molecule has 0 bridgehead atoms. The van der Waals surface area contributed by atoms with E-state index in [0.29, 0.717) is 31.1 Å². The predicted octanol–water partition coefficient (Wildman–Crippen LogP) is 1.60. The number of nitrogens with zero attached hydrogens (tertiary/aromatic N) is 1. The van der Waals surface area contributed by atoms with Crippen molar-refractivity contribution in [1.29, 1.82) is 0 Å². The third kappa shape index (κ3) is 3.83. The van der Waals surface area contributed by atoms with E-state index in [9.17, 15) is 8.42 Å². The molecule has 0 amide bonds. The van der Waals surface area contributed by atoms with Crippen molar-refractivity contribution in [3.8, 4) is 0 Å². The van der Waals surface area contributed by atoms with Gasteiger partial charge in [-0.1, -0.05) is 18.2 Å². The molecule has 5 nitrogen and oxygen atoms in total. The Morgan fingerprint density at radius 3 is 2.57 bits per heavy atom. The molecule has 1 aliphatic heterocycles. The highest BCUT2D eigenvalue weighted by Gasteiger charge is 2.30. The van der Waals surface area contributed by atoms with Crippen molar-refractivity contribution in [3.05, 3.63) is 29.8 Å². The largest absolute Gasteiger partial charge is 0.378 e. The van der Waals surface area contributed by atoms with Gasteiger partial charge in [0.25, 0.3) is 0 Å². The molecule has 0 spiro atoms. The Balaban J connectivity index is 2.16. The molecule has 1 N–H and O–H groups in total. The number of ether oxygens (including phenoxy) is 1. The van der Waals surface area contributed by atoms with Crippen LogP contribution in [0.4, 0.5) is 0 Å². The molecule has 0 unspecified atom stereocenters. The van der Waals surface area contributed by atoms with Crippen LogP contribution in [0.5, 0.6) is 0 Å². The average molecular weight is 312 g/mol. The molecule has 21 heavy (non-hydrogen) atoms. The fourth-order valence-corrected chi connectivity index (χ4v) is 4.40. The smallest absolute Gasteiger partial charge is 0.243 e. The van der Waals surface area contributed by atoms with E-state index in [0.717, 1.165) is 18.4 Å². The van der Waals surface area contributed by atoms with Crippen LogP contribution in [0.1, 0.15) is 25.3 Å². The van der Waals surface area contributed by atoms with E-state index in [1.54, 1.807) is 16.4 Å². The second-order valence-electron chi connectivity index (χ2n) is 5.20. The van der Waals surface area contributed by atoms with Crippen LogP contribution in [-0.4, -0.2) is 45.6 Å². The maximum atomic E-state index is 12.8. The minimum atomic E-state index is -3.42. The summed E-state index contributed by atoms with van der Waals surface area (Å²) >= 11 is 0. The Kier molecular flexibility index (Phi) is 5.75. The van der Waals surface area contributed by atoms with Gasteiger partial charge in [0.05, 0.1) is 11.0 Å². The second-order valence-corrected chi connectivity index (χ2v) is 7.10. The Morgan fingerprint density at radius 2 is 1.95 bits per heavy atom. The van der Waals surface area contributed by atoms with Crippen molar-refractivity contribution < 1.29 is 13.2 Å². The van der Waals surface area contributed by atoms with Gasteiger partial charge in [0.1, 0.15) is 0 Å². The zero-order valence-electron chi connectivity index (χ0n) is 12.7. The first-order chi connectivity index (χ1) is 10.1. The van der Waals surface area contributed by atoms with Gasteiger partial charge in [0.2, 0.25) is 10.0 Å². The summed E-state index contributed by atoms with van der Waals surface area (Å²) in [5.41, 5.74) is 0.812. The lowest BCUT2D eigenvalue weighted by Gasteiger charge is -2.31. The first-order valence-corrected chi connectivity index (χ1v) is 8.87. The maximum absolute atomic E-state index is 12.8. The van der Waals surface area contributed by atoms with E-state index in [1.807, 2.05) is 26.1 Å². The lowest BCUT2D eigenvalue weighted by molar-refractivity contribution is 0.0290. The highest BCUT2D eigenvalue weighted by atomic mass is 32.2. The molecule has 1 fully saturated rings. The minimum Gasteiger partial charge on any atom is -0.378 e. The van der Waals surface area contributed by atoms with Crippen LogP contribution in [0.25, 0.3) is 0 Å². The Morgan fingerprint density at radius 1 is 1.29 bits per heavy atom. The molecule has 118 valence electrons. The van der Waals surface area contributed by atoms with E-state index in [4.69, 9.17) is 4.74 Å². The third-order valence-corrected chi connectivity index (χ3v) is 5.76. The molecule has 1 aromatic carbocycles. The number of rotatable bonds is 6. The molecular formula is C15H24N2O3S. The molecule has 0 saturated carbocycles. The van der Waals surface area contributed by atoms with E-state index < -0.39 is 10.0 Å². The molecule has 0 atom stereocenters. The predicted molar refractivity (Wildman–Crippen MR) is 82.6 cm³/mol. The van der Waals surface area contributed by atoms with Gasteiger partial charge < -0.3 is 10.1 Å². The third-order valence-electron chi connectivity index (χ3n) is 3.76. The van der Waals surface area contributed by atoms with Crippen LogP contribution >= 0.6 is 0 Å². The lowest BCUT2D eigenvalue weighted by atomic mass is 10.1. The Labute approximate surface area is 127 Å². The quantitative estimate of drug-likeness (QED) is 0.867. The van der Waals surface area contributed by atoms with Crippen LogP contribution in [0.15, 0.2) is 29.2 Å². The molecule has 1 saturated heterocycles. The molecule has 0 aromatic heterocycles. The van der Waals surface area contributed by atoms with E-state index >= 15 is 0 Å². The summed E-state index contributed by atoms with van der Waals surface area (Å²) in [6.07, 6.45) is 1.72. The number of sulfonamides is 1. The van der Waals surface area contributed by atoms with Crippen LogP contribution in [-0.2, 0) is 21.3 Å². The number of nitrogens with one attached hydrogen (secondary N) is 1. The van der Waals surface area contributed by atoms with Crippen molar-refractivity contribution in [2.24, 2.45) is 0 Å². The highest BCUT2D eigenvalue weighted by Crippen LogP contribution is 2.24. The van der Waals surface area contributed by atoms with E-state index in [1.165, 1.54) is 0 Å². The number of piperidine rings is 1. The Hall–Kier alpha value is -0.950. The van der Waals surface area contributed by atoms with E-state index in [-0.39, 0.29) is 6.10 Å². The molecule has 0 aliphatic carbocycles. The maximum Gasteiger partial charge on any atom is 0.243 e.